The maximum Gasteiger partial charge on any atom is 0.175 e. The molecule has 1 heterocycles. The Morgan fingerprint density at radius 3 is 2.90 bits per heavy atom. The van der Waals surface area contributed by atoms with Gasteiger partial charge in [-0.1, -0.05) is 11.6 Å². The highest BCUT2D eigenvalue weighted by molar-refractivity contribution is 7.80. The number of hydrogen-bond donors (Lipinski definition) is 2. The summed E-state index contributed by atoms with van der Waals surface area (Å²) < 4.78 is 19.9. The Morgan fingerprint density at radius 2 is 2.19 bits per heavy atom. The highest BCUT2D eigenvalue weighted by Gasteiger charge is 2.04. The molecule has 5 nitrogen and oxygen atoms in total. The minimum absolute atomic E-state index is 0.0346. The summed E-state index contributed by atoms with van der Waals surface area (Å²) in [5, 5.41) is 10.4. The van der Waals surface area contributed by atoms with Crippen molar-refractivity contribution in [3.63, 3.8) is 0 Å². The largest absolute Gasteiger partial charge is 0.360 e. The molecule has 0 amide bonds. The molecule has 8 heteroatoms. The van der Waals surface area contributed by atoms with Crippen LogP contribution in [0.5, 0.6) is 0 Å². The van der Waals surface area contributed by atoms with E-state index in [2.05, 4.69) is 15.7 Å². The van der Waals surface area contributed by atoms with Crippen molar-refractivity contribution < 1.29 is 9.13 Å². The quantitative estimate of drug-likeness (QED) is 0.823. The molecule has 0 unspecified atom stereocenters. The van der Waals surface area contributed by atoms with Crippen molar-refractivity contribution in [1.29, 1.82) is 0 Å². The van der Waals surface area contributed by atoms with Gasteiger partial charge in [0.05, 0.1) is 23.1 Å². The lowest BCUT2D eigenvalue weighted by Crippen LogP contribution is -2.18. The second-order valence-corrected chi connectivity index (χ2v) is 4.91. The number of nitrogens with zero attached hydrogens (tertiary/aromatic N) is 2. The van der Waals surface area contributed by atoms with Gasteiger partial charge in [-0.3, -0.25) is 0 Å². The number of anilines is 2. The molecular weight excluding hydrogens is 315 g/mol. The lowest BCUT2D eigenvalue weighted by atomic mass is 10.3. The van der Waals surface area contributed by atoms with E-state index in [1.807, 2.05) is 6.92 Å². The van der Waals surface area contributed by atoms with Crippen LogP contribution in [0, 0.1) is 5.82 Å². The van der Waals surface area contributed by atoms with Gasteiger partial charge in [0.25, 0.3) is 0 Å². The third-order valence-electron chi connectivity index (χ3n) is 2.50. The number of aromatic nitrogens is 2. The van der Waals surface area contributed by atoms with Crippen molar-refractivity contribution in [2.45, 2.75) is 13.7 Å². The van der Waals surface area contributed by atoms with Crippen LogP contribution >= 0.6 is 23.8 Å². The van der Waals surface area contributed by atoms with E-state index in [1.165, 1.54) is 12.1 Å². The lowest BCUT2D eigenvalue weighted by molar-refractivity contribution is 0.0792. The molecule has 2 rings (SSSR count). The topological polar surface area (TPSA) is 51.1 Å². The summed E-state index contributed by atoms with van der Waals surface area (Å²) in [4.78, 5) is 0. The summed E-state index contributed by atoms with van der Waals surface area (Å²) in [6, 6.07) is 4.28. The number of hydrogen-bond acceptors (Lipinski definition) is 3. The van der Waals surface area contributed by atoms with Crippen molar-refractivity contribution in [3.8, 4) is 0 Å². The molecule has 2 aromatic rings. The average molecular weight is 329 g/mol. The Labute approximate surface area is 132 Å². The number of benzene rings is 1. The normalized spacial score (nSPS) is 10.4. The van der Waals surface area contributed by atoms with Gasteiger partial charge in [-0.15, -0.1) is 0 Å². The fraction of sp³-hybridized carbons (Fsp3) is 0.231. The average Bonchev–Trinajstić information content (AvgIpc) is 2.88. The van der Waals surface area contributed by atoms with Crippen LogP contribution in [0.2, 0.25) is 5.02 Å². The first-order valence-electron chi connectivity index (χ1n) is 6.21. The van der Waals surface area contributed by atoms with Crippen LogP contribution in [-0.2, 0) is 11.5 Å². The van der Waals surface area contributed by atoms with E-state index >= 15 is 0 Å². The number of ether oxygens (including phenoxy) is 1. The standard InChI is InChI=1S/C13H14ClFN4OS/c1-2-20-8-19-7-10(6-16-19)18-13(21)17-9-3-4-12(15)11(14)5-9/h3-7H,2,8H2,1H3,(H2,17,18,21). The van der Waals surface area contributed by atoms with E-state index in [0.717, 1.165) is 5.69 Å². The van der Waals surface area contributed by atoms with Crippen LogP contribution in [0.1, 0.15) is 6.92 Å². The molecule has 0 aliphatic heterocycles. The Bertz CT molecular complexity index is 634. The smallest absolute Gasteiger partial charge is 0.175 e. The van der Waals surface area contributed by atoms with E-state index in [4.69, 9.17) is 28.6 Å². The summed E-state index contributed by atoms with van der Waals surface area (Å²) in [6.07, 6.45) is 3.39. The van der Waals surface area contributed by atoms with Crippen molar-refractivity contribution in [1.82, 2.24) is 9.78 Å². The van der Waals surface area contributed by atoms with Crippen molar-refractivity contribution in [3.05, 3.63) is 41.4 Å². The molecule has 0 aliphatic rings. The highest BCUT2D eigenvalue weighted by Crippen LogP contribution is 2.19. The van der Waals surface area contributed by atoms with E-state index < -0.39 is 5.82 Å². The summed E-state index contributed by atoms with van der Waals surface area (Å²) in [7, 11) is 0. The van der Waals surface area contributed by atoms with Crippen LogP contribution in [-0.4, -0.2) is 21.5 Å². The molecule has 0 atom stereocenters. The molecule has 0 saturated carbocycles. The second kappa shape index (κ2) is 7.35. The Kier molecular flexibility index (Phi) is 5.49. The second-order valence-electron chi connectivity index (χ2n) is 4.10. The lowest BCUT2D eigenvalue weighted by Gasteiger charge is -2.09. The van der Waals surface area contributed by atoms with Crippen LogP contribution in [0.15, 0.2) is 30.6 Å². The van der Waals surface area contributed by atoms with Gasteiger partial charge in [0.2, 0.25) is 0 Å². The number of halogens is 2. The maximum absolute atomic E-state index is 13.1. The van der Waals surface area contributed by atoms with E-state index in [-0.39, 0.29) is 5.02 Å². The third-order valence-corrected chi connectivity index (χ3v) is 2.99. The minimum Gasteiger partial charge on any atom is -0.360 e. The molecule has 0 saturated heterocycles. The fourth-order valence-corrected chi connectivity index (χ4v) is 1.97. The van der Waals surface area contributed by atoms with Gasteiger partial charge >= 0.3 is 0 Å². The van der Waals surface area contributed by atoms with E-state index in [1.54, 1.807) is 23.1 Å². The first-order chi connectivity index (χ1) is 10.1. The zero-order chi connectivity index (χ0) is 15.2. The van der Waals surface area contributed by atoms with Gasteiger partial charge in [-0.2, -0.15) is 5.10 Å². The molecule has 1 aromatic heterocycles. The number of rotatable bonds is 5. The predicted molar refractivity (Wildman–Crippen MR) is 85.1 cm³/mol. The van der Waals surface area contributed by atoms with Gasteiger partial charge in [0, 0.05) is 12.3 Å². The first-order valence-corrected chi connectivity index (χ1v) is 7.00. The third kappa shape index (κ3) is 4.66. The van der Waals surface area contributed by atoms with Crippen molar-refractivity contribution >= 4 is 40.3 Å². The van der Waals surface area contributed by atoms with Crippen LogP contribution in [0.25, 0.3) is 0 Å². The molecule has 1 aromatic carbocycles. The molecule has 2 N–H and O–H groups in total. The van der Waals surface area contributed by atoms with Crippen molar-refractivity contribution in [2.75, 3.05) is 17.2 Å². The minimum atomic E-state index is -0.474. The molecule has 0 fully saturated rings. The summed E-state index contributed by atoms with van der Waals surface area (Å²) in [6.45, 7) is 2.91. The predicted octanol–water partition coefficient (Wildman–Crippen LogP) is 3.48. The Hall–Kier alpha value is -1.70. The molecule has 0 bridgehead atoms. The summed E-state index contributed by atoms with van der Waals surface area (Å²) in [5.74, 6) is -0.474. The van der Waals surface area contributed by atoms with Gasteiger partial charge in [0.15, 0.2) is 5.11 Å². The maximum atomic E-state index is 13.1. The monoisotopic (exact) mass is 328 g/mol. The van der Waals surface area contributed by atoms with Crippen LogP contribution < -0.4 is 10.6 Å². The van der Waals surface area contributed by atoms with E-state index in [9.17, 15) is 4.39 Å². The van der Waals surface area contributed by atoms with Gasteiger partial charge in [0.1, 0.15) is 12.5 Å². The summed E-state index contributed by atoms with van der Waals surface area (Å²) in [5.41, 5.74) is 1.32. The van der Waals surface area contributed by atoms with Crippen molar-refractivity contribution in [2.24, 2.45) is 0 Å². The molecule has 0 aliphatic carbocycles. The molecule has 0 radical (unpaired) electrons. The molecule has 112 valence electrons. The van der Waals surface area contributed by atoms with Gasteiger partial charge in [-0.05, 0) is 37.3 Å². The van der Waals surface area contributed by atoms with Crippen LogP contribution in [0.3, 0.4) is 0 Å². The molecule has 0 spiro atoms. The zero-order valence-corrected chi connectivity index (χ0v) is 12.8. The summed E-state index contributed by atoms with van der Waals surface area (Å²) >= 11 is 10.9. The SMILES string of the molecule is CCOCn1cc(NC(=S)Nc2ccc(F)c(Cl)c2)cn1. The van der Waals surface area contributed by atoms with Gasteiger partial charge < -0.3 is 15.4 Å². The van der Waals surface area contributed by atoms with Gasteiger partial charge in [-0.25, -0.2) is 9.07 Å². The first kappa shape index (κ1) is 15.7. The van der Waals surface area contributed by atoms with E-state index in [0.29, 0.717) is 24.1 Å². The zero-order valence-electron chi connectivity index (χ0n) is 11.3. The Balaban J connectivity index is 1.91. The highest BCUT2D eigenvalue weighted by atomic mass is 35.5. The fourth-order valence-electron chi connectivity index (χ4n) is 1.55. The van der Waals surface area contributed by atoms with Crippen LogP contribution in [0.4, 0.5) is 15.8 Å². The number of thiocarbonyl (C=S) groups is 1. The Morgan fingerprint density at radius 1 is 1.43 bits per heavy atom. The number of nitrogens with one attached hydrogen (secondary N) is 2. The molecular formula is C13H14ClFN4OS. The molecule has 21 heavy (non-hydrogen) atoms.